The molecule has 0 aromatic carbocycles. The van der Waals surface area contributed by atoms with Crippen molar-refractivity contribution in [1.29, 1.82) is 0 Å². The standard InChI is InChI=1S/C8H7N3S2/c9-7-2-1-5(3-10-7)6-4-13-8(12)11-6/h1-4H,(H2,9,10)(H,11,12). The number of pyridine rings is 1. The number of nitrogens with two attached hydrogens (primary N) is 1. The fourth-order valence-corrected chi connectivity index (χ4v) is 1.83. The maximum absolute atomic E-state index is 5.47. The number of hydrogen-bond acceptors (Lipinski definition) is 4. The van der Waals surface area contributed by atoms with Gasteiger partial charge >= 0.3 is 0 Å². The third kappa shape index (κ3) is 1.76. The Morgan fingerprint density at radius 2 is 2.31 bits per heavy atom. The smallest absolute Gasteiger partial charge is 0.158 e. The Labute approximate surface area is 84.3 Å². The number of hydrogen-bond donors (Lipinski definition) is 2. The molecular weight excluding hydrogens is 202 g/mol. The van der Waals surface area contributed by atoms with Crippen molar-refractivity contribution >= 4 is 29.4 Å². The van der Waals surface area contributed by atoms with Crippen molar-refractivity contribution in [2.24, 2.45) is 0 Å². The van der Waals surface area contributed by atoms with Gasteiger partial charge in [-0.1, -0.05) is 0 Å². The monoisotopic (exact) mass is 209 g/mol. The van der Waals surface area contributed by atoms with Crippen LogP contribution in [0.3, 0.4) is 0 Å². The van der Waals surface area contributed by atoms with Crippen LogP contribution in [0.2, 0.25) is 0 Å². The summed E-state index contributed by atoms with van der Waals surface area (Å²) in [4.78, 5) is 7.06. The van der Waals surface area contributed by atoms with E-state index in [9.17, 15) is 0 Å². The summed E-state index contributed by atoms with van der Waals surface area (Å²) in [6, 6.07) is 3.68. The van der Waals surface area contributed by atoms with Crippen LogP contribution in [-0.2, 0) is 0 Å². The van der Waals surface area contributed by atoms with Crippen LogP contribution in [0.15, 0.2) is 23.7 Å². The summed E-state index contributed by atoms with van der Waals surface area (Å²) in [5.41, 5.74) is 7.46. The second kappa shape index (κ2) is 3.27. The maximum atomic E-state index is 5.47. The zero-order chi connectivity index (χ0) is 9.26. The van der Waals surface area contributed by atoms with E-state index in [0.29, 0.717) is 5.82 Å². The molecule has 0 aliphatic rings. The second-order valence-corrected chi connectivity index (χ2v) is 4.08. The van der Waals surface area contributed by atoms with E-state index in [4.69, 9.17) is 18.0 Å². The Hall–Kier alpha value is -1.20. The Morgan fingerprint density at radius 3 is 2.85 bits per heavy atom. The SMILES string of the molecule is Nc1ccc(-c2csc(=S)[nH]2)cn1. The van der Waals surface area contributed by atoms with E-state index < -0.39 is 0 Å². The van der Waals surface area contributed by atoms with E-state index in [0.717, 1.165) is 15.2 Å². The molecule has 2 rings (SSSR count). The highest BCUT2D eigenvalue weighted by Crippen LogP contribution is 2.19. The van der Waals surface area contributed by atoms with Crippen LogP contribution < -0.4 is 5.73 Å². The second-order valence-electron chi connectivity index (χ2n) is 2.53. The van der Waals surface area contributed by atoms with Crippen LogP contribution in [0, 0.1) is 3.95 Å². The number of rotatable bonds is 1. The lowest BCUT2D eigenvalue weighted by atomic mass is 10.2. The first kappa shape index (κ1) is 8.40. The van der Waals surface area contributed by atoms with E-state index in [1.807, 2.05) is 11.4 Å². The molecule has 0 aliphatic carbocycles. The molecule has 2 aromatic heterocycles. The highest BCUT2D eigenvalue weighted by atomic mass is 32.1. The number of nitrogens with one attached hydrogen (secondary N) is 1. The predicted octanol–water partition coefficient (Wildman–Crippen LogP) is 2.45. The van der Waals surface area contributed by atoms with Crippen molar-refractivity contribution in [1.82, 2.24) is 9.97 Å². The average Bonchev–Trinajstić information content (AvgIpc) is 2.53. The number of aromatic nitrogens is 2. The number of H-pyrrole nitrogens is 1. The van der Waals surface area contributed by atoms with Crippen molar-refractivity contribution in [2.45, 2.75) is 0 Å². The molecule has 5 heteroatoms. The van der Waals surface area contributed by atoms with Crippen molar-refractivity contribution < 1.29 is 0 Å². The minimum atomic E-state index is 0.526. The van der Waals surface area contributed by atoms with E-state index in [1.54, 1.807) is 12.3 Å². The van der Waals surface area contributed by atoms with Gasteiger partial charge in [-0.25, -0.2) is 4.98 Å². The zero-order valence-electron chi connectivity index (χ0n) is 6.65. The molecule has 2 aromatic rings. The van der Waals surface area contributed by atoms with Gasteiger partial charge in [-0.2, -0.15) is 0 Å². The molecule has 0 saturated heterocycles. The van der Waals surface area contributed by atoms with Crippen LogP contribution in [0.4, 0.5) is 5.82 Å². The number of anilines is 1. The summed E-state index contributed by atoms with van der Waals surface area (Å²) in [6.07, 6.45) is 1.72. The molecule has 0 radical (unpaired) electrons. The van der Waals surface area contributed by atoms with E-state index >= 15 is 0 Å². The molecule has 0 unspecified atom stereocenters. The molecule has 0 aliphatic heterocycles. The fourth-order valence-electron chi connectivity index (χ4n) is 0.986. The summed E-state index contributed by atoms with van der Waals surface area (Å²) in [6.45, 7) is 0. The lowest BCUT2D eigenvalue weighted by Crippen LogP contribution is -1.88. The highest BCUT2D eigenvalue weighted by molar-refractivity contribution is 7.73. The number of nitrogen functional groups attached to an aromatic ring is 1. The van der Waals surface area contributed by atoms with E-state index in [-0.39, 0.29) is 0 Å². The van der Waals surface area contributed by atoms with Gasteiger partial charge in [0.15, 0.2) is 3.95 Å². The third-order valence-electron chi connectivity index (χ3n) is 1.62. The van der Waals surface area contributed by atoms with Gasteiger partial charge in [-0.15, -0.1) is 11.3 Å². The molecule has 3 nitrogen and oxygen atoms in total. The van der Waals surface area contributed by atoms with E-state index in [2.05, 4.69) is 9.97 Å². The van der Waals surface area contributed by atoms with Gasteiger partial charge in [0.25, 0.3) is 0 Å². The van der Waals surface area contributed by atoms with E-state index in [1.165, 1.54) is 11.3 Å². The van der Waals surface area contributed by atoms with Gasteiger partial charge in [-0.3, -0.25) is 0 Å². The lowest BCUT2D eigenvalue weighted by molar-refractivity contribution is 1.31. The predicted molar refractivity (Wildman–Crippen MR) is 57.1 cm³/mol. The molecule has 13 heavy (non-hydrogen) atoms. The lowest BCUT2D eigenvalue weighted by Gasteiger charge is -1.96. The van der Waals surface area contributed by atoms with Gasteiger partial charge in [0.1, 0.15) is 5.82 Å². The summed E-state index contributed by atoms with van der Waals surface area (Å²) < 4.78 is 0.770. The number of thiazole rings is 1. The summed E-state index contributed by atoms with van der Waals surface area (Å²) in [7, 11) is 0. The molecule has 0 amide bonds. The van der Waals surface area contributed by atoms with Crippen LogP contribution in [0.1, 0.15) is 0 Å². The molecule has 66 valence electrons. The largest absolute Gasteiger partial charge is 0.384 e. The Bertz CT molecular complexity index is 455. The summed E-state index contributed by atoms with van der Waals surface area (Å²) in [5.74, 6) is 0.526. The summed E-state index contributed by atoms with van der Waals surface area (Å²) >= 11 is 6.48. The first-order valence-electron chi connectivity index (χ1n) is 3.65. The summed E-state index contributed by atoms with van der Waals surface area (Å²) in [5, 5.41) is 1.97. The third-order valence-corrected chi connectivity index (χ3v) is 2.68. The van der Waals surface area contributed by atoms with Gasteiger partial charge in [0.05, 0.1) is 5.69 Å². The zero-order valence-corrected chi connectivity index (χ0v) is 8.28. The fraction of sp³-hybridized carbons (Fsp3) is 0. The van der Waals surface area contributed by atoms with Crippen molar-refractivity contribution in [3.05, 3.63) is 27.7 Å². The average molecular weight is 209 g/mol. The van der Waals surface area contributed by atoms with Crippen molar-refractivity contribution in [3.8, 4) is 11.3 Å². The molecule has 0 bridgehead atoms. The molecule has 2 heterocycles. The van der Waals surface area contributed by atoms with Gasteiger partial charge in [0, 0.05) is 17.1 Å². The molecule has 0 atom stereocenters. The Morgan fingerprint density at radius 1 is 1.46 bits per heavy atom. The number of nitrogens with zero attached hydrogens (tertiary/aromatic N) is 1. The van der Waals surface area contributed by atoms with Gasteiger partial charge < -0.3 is 10.7 Å². The highest BCUT2D eigenvalue weighted by Gasteiger charge is 1.98. The van der Waals surface area contributed by atoms with Crippen molar-refractivity contribution in [3.63, 3.8) is 0 Å². The minimum absolute atomic E-state index is 0.526. The first-order valence-corrected chi connectivity index (χ1v) is 4.94. The van der Waals surface area contributed by atoms with Crippen molar-refractivity contribution in [2.75, 3.05) is 5.73 Å². The maximum Gasteiger partial charge on any atom is 0.158 e. The van der Waals surface area contributed by atoms with Crippen LogP contribution >= 0.6 is 23.6 Å². The molecule has 3 N–H and O–H groups in total. The first-order chi connectivity index (χ1) is 6.25. The van der Waals surface area contributed by atoms with Gasteiger partial charge in [-0.05, 0) is 24.4 Å². The topological polar surface area (TPSA) is 54.7 Å². The van der Waals surface area contributed by atoms with Gasteiger partial charge in [0.2, 0.25) is 0 Å². The number of aromatic amines is 1. The molecule has 0 spiro atoms. The quantitative estimate of drug-likeness (QED) is 0.709. The normalized spacial score (nSPS) is 10.2. The molecular formula is C8H7N3S2. The molecule has 0 saturated carbocycles. The van der Waals surface area contributed by atoms with Crippen LogP contribution in [0.25, 0.3) is 11.3 Å². The minimum Gasteiger partial charge on any atom is -0.384 e. The Balaban J connectivity index is 2.47. The molecule has 0 fully saturated rings. The van der Waals surface area contributed by atoms with Crippen LogP contribution in [-0.4, -0.2) is 9.97 Å². The van der Waals surface area contributed by atoms with Crippen LogP contribution in [0.5, 0.6) is 0 Å². The Kier molecular flexibility index (Phi) is 2.12.